The highest BCUT2D eigenvalue weighted by Crippen LogP contribution is 2.23. The van der Waals surface area contributed by atoms with Crippen molar-refractivity contribution in [2.75, 3.05) is 6.54 Å². The van der Waals surface area contributed by atoms with Crippen LogP contribution in [-0.4, -0.2) is 29.4 Å². The molecule has 4 heteroatoms. The fraction of sp³-hybridized carbons (Fsp3) is 0.636. The van der Waals surface area contributed by atoms with Crippen LogP contribution in [-0.2, 0) is 0 Å². The van der Waals surface area contributed by atoms with Crippen LogP contribution in [0.25, 0.3) is 0 Å². The maximum absolute atomic E-state index is 11.5. The molecular formula is C11H19N3O. The Bertz CT molecular complexity index is 282. The number of aliphatic imine (C=N–C) groups is 1. The highest BCUT2D eigenvalue weighted by molar-refractivity contribution is 6.03. The van der Waals surface area contributed by atoms with Crippen LogP contribution in [0.3, 0.4) is 0 Å². The Labute approximate surface area is 90.8 Å². The molecular weight excluding hydrogens is 190 g/mol. The van der Waals surface area contributed by atoms with E-state index in [1.54, 1.807) is 11.0 Å². The zero-order valence-electron chi connectivity index (χ0n) is 9.44. The molecule has 0 aromatic carbocycles. The van der Waals surface area contributed by atoms with Crippen LogP contribution in [0.5, 0.6) is 0 Å². The highest BCUT2D eigenvalue weighted by atomic mass is 16.2. The molecule has 1 rings (SSSR count). The van der Waals surface area contributed by atoms with Gasteiger partial charge in [-0.3, -0.25) is 0 Å². The van der Waals surface area contributed by atoms with Crippen LogP contribution in [0.1, 0.15) is 26.7 Å². The topological polar surface area (TPSA) is 58.7 Å². The van der Waals surface area contributed by atoms with Gasteiger partial charge in [0.1, 0.15) is 5.84 Å². The Hall–Kier alpha value is -1.32. The summed E-state index contributed by atoms with van der Waals surface area (Å²) in [4.78, 5) is 17.0. The number of nitrogens with two attached hydrogens (primary N) is 1. The largest absolute Gasteiger partial charge is 0.385 e. The minimum Gasteiger partial charge on any atom is -0.385 e. The number of hydrogen-bond donors (Lipinski definition) is 1. The van der Waals surface area contributed by atoms with Crippen LogP contribution < -0.4 is 5.73 Å². The third-order valence-electron chi connectivity index (χ3n) is 2.93. The van der Waals surface area contributed by atoms with E-state index in [4.69, 9.17) is 5.73 Å². The van der Waals surface area contributed by atoms with Gasteiger partial charge in [-0.15, -0.1) is 6.58 Å². The minimum atomic E-state index is -0.232. The number of urea groups is 1. The lowest BCUT2D eigenvalue weighted by atomic mass is 9.93. The van der Waals surface area contributed by atoms with Gasteiger partial charge in [0, 0.05) is 6.54 Å². The van der Waals surface area contributed by atoms with Gasteiger partial charge in [-0.1, -0.05) is 32.8 Å². The first-order valence-electron chi connectivity index (χ1n) is 5.41. The number of amides is 2. The van der Waals surface area contributed by atoms with Crippen molar-refractivity contribution in [2.24, 2.45) is 16.6 Å². The van der Waals surface area contributed by atoms with Gasteiger partial charge in [0.25, 0.3) is 0 Å². The Morgan fingerprint density at radius 3 is 2.67 bits per heavy atom. The molecule has 1 atom stereocenters. The molecule has 1 aliphatic heterocycles. The zero-order chi connectivity index (χ0) is 11.4. The lowest BCUT2D eigenvalue weighted by Crippen LogP contribution is -2.45. The molecule has 0 fully saturated rings. The first-order valence-corrected chi connectivity index (χ1v) is 5.41. The van der Waals surface area contributed by atoms with Gasteiger partial charge >= 0.3 is 6.03 Å². The molecule has 84 valence electrons. The zero-order valence-corrected chi connectivity index (χ0v) is 9.44. The van der Waals surface area contributed by atoms with Crippen LogP contribution in [0, 0.1) is 5.92 Å². The van der Waals surface area contributed by atoms with E-state index in [9.17, 15) is 4.79 Å². The van der Waals surface area contributed by atoms with Crippen molar-refractivity contribution in [3.8, 4) is 0 Å². The smallest absolute Gasteiger partial charge is 0.346 e. The number of amidine groups is 1. The quantitative estimate of drug-likeness (QED) is 0.701. The number of carbonyl (C=O) groups excluding carboxylic acids is 1. The maximum Gasteiger partial charge on any atom is 0.346 e. The Kier molecular flexibility index (Phi) is 3.88. The predicted molar refractivity (Wildman–Crippen MR) is 61.8 cm³/mol. The van der Waals surface area contributed by atoms with Gasteiger partial charge in [0.15, 0.2) is 0 Å². The molecule has 0 bridgehead atoms. The van der Waals surface area contributed by atoms with Crippen LogP contribution in [0.15, 0.2) is 17.6 Å². The summed E-state index contributed by atoms with van der Waals surface area (Å²) >= 11 is 0. The van der Waals surface area contributed by atoms with Crippen molar-refractivity contribution in [1.82, 2.24) is 4.90 Å². The second-order valence-corrected chi connectivity index (χ2v) is 3.78. The van der Waals surface area contributed by atoms with E-state index in [0.29, 0.717) is 18.3 Å². The summed E-state index contributed by atoms with van der Waals surface area (Å²) in [6, 6.07) is -0.269. The third-order valence-corrected chi connectivity index (χ3v) is 2.93. The molecule has 0 aliphatic carbocycles. The molecule has 2 amide bonds. The Morgan fingerprint density at radius 2 is 2.20 bits per heavy atom. The average Bonchev–Trinajstić information content (AvgIpc) is 2.47. The highest BCUT2D eigenvalue weighted by Gasteiger charge is 2.36. The normalized spacial score (nSPS) is 21.0. The van der Waals surface area contributed by atoms with Gasteiger partial charge in [-0.2, -0.15) is 4.99 Å². The first kappa shape index (κ1) is 11.8. The van der Waals surface area contributed by atoms with Gasteiger partial charge in [-0.05, 0) is 5.92 Å². The Morgan fingerprint density at radius 1 is 1.60 bits per heavy atom. The summed E-state index contributed by atoms with van der Waals surface area (Å²) in [6.07, 6.45) is 3.71. The predicted octanol–water partition coefficient (Wildman–Crippen LogP) is 1.77. The molecule has 4 nitrogen and oxygen atoms in total. The van der Waals surface area contributed by atoms with Gasteiger partial charge in [0.05, 0.1) is 6.04 Å². The molecule has 15 heavy (non-hydrogen) atoms. The Balaban J connectivity index is 2.87. The first-order chi connectivity index (χ1) is 7.15. The molecule has 0 saturated heterocycles. The van der Waals surface area contributed by atoms with Crippen molar-refractivity contribution in [3.05, 3.63) is 12.7 Å². The molecule has 1 heterocycles. The fourth-order valence-corrected chi connectivity index (χ4v) is 2.08. The molecule has 0 saturated carbocycles. The number of hydrogen-bond acceptors (Lipinski definition) is 2. The van der Waals surface area contributed by atoms with E-state index < -0.39 is 0 Å². The molecule has 0 spiro atoms. The van der Waals surface area contributed by atoms with Crippen molar-refractivity contribution < 1.29 is 4.79 Å². The van der Waals surface area contributed by atoms with Crippen LogP contribution >= 0.6 is 0 Å². The molecule has 1 unspecified atom stereocenters. The lowest BCUT2D eigenvalue weighted by molar-refractivity contribution is 0.195. The van der Waals surface area contributed by atoms with E-state index in [1.165, 1.54) is 0 Å². The third kappa shape index (κ3) is 2.19. The van der Waals surface area contributed by atoms with Gasteiger partial charge < -0.3 is 10.6 Å². The van der Waals surface area contributed by atoms with E-state index in [2.05, 4.69) is 25.4 Å². The lowest BCUT2D eigenvalue weighted by Gasteiger charge is -2.29. The van der Waals surface area contributed by atoms with Crippen molar-refractivity contribution in [1.29, 1.82) is 0 Å². The summed E-state index contributed by atoms with van der Waals surface area (Å²) < 4.78 is 0. The summed E-state index contributed by atoms with van der Waals surface area (Å²) in [5.74, 6) is 0.843. The van der Waals surface area contributed by atoms with Gasteiger partial charge in [0.2, 0.25) is 0 Å². The molecule has 0 aromatic rings. The van der Waals surface area contributed by atoms with Gasteiger partial charge in [-0.25, -0.2) is 4.79 Å². The second-order valence-electron chi connectivity index (χ2n) is 3.78. The van der Waals surface area contributed by atoms with Crippen molar-refractivity contribution in [2.45, 2.75) is 32.7 Å². The molecule has 0 aromatic heterocycles. The standard InChI is InChI=1S/C11H19N3O/c1-4-7-14-9(8(5-2)6-3)10(12)13-11(14)15/h4,8-9H,1,5-7H2,2-3H3,(H2,12,13,15). The monoisotopic (exact) mass is 209 g/mol. The average molecular weight is 209 g/mol. The second kappa shape index (κ2) is 4.96. The number of carbonyl (C=O) groups is 1. The maximum atomic E-state index is 11.5. The SMILES string of the molecule is C=CCN1C(=O)N=C(N)C1C(CC)CC. The molecule has 1 aliphatic rings. The van der Waals surface area contributed by atoms with E-state index in [1.807, 2.05) is 0 Å². The summed E-state index contributed by atoms with van der Waals surface area (Å²) in [5, 5.41) is 0. The van der Waals surface area contributed by atoms with E-state index in [-0.39, 0.29) is 12.1 Å². The van der Waals surface area contributed by atoms with Crippen molar-refractivity contribution in [3.63, 3.8) is 0 Å². The number of rotatable bonds is 5. The summed E-state index contributed by atoms with van der Waals surface area (Å²) in [6.45, 7) is 8.38. The summed E-state index contributed by atoms with van der Waals surface area (Å²) in [7, 11) is 0. The molecule has 2 N–H and O–H groups in total. The minimum absolute atomic E-state index is 0.0366. The molecule has 0 radical (unpaired) electrons. The van der Waals surface area contributed by atoms with Crippen LogP contribution in [0.2, 0.25) is 0 Å². The van der Waals surface area contributed by atoms with E-state index in [0.717, 1.165) is 12.8 Å². The van der Waals surface area contributed by atoms with E-state index >= 15 is 0 Å². The fourth-order valence-electron chi connectivity index (χ4n) is 2.08. The van der Waals surface area contributed by atoms with Crippen LogP contribution in [0.4, 0.5) is 4.79 Å². The summed E-state index contributed by atoms with van der Waals surface area (Å²) in [5.41, 5.74) is 5.80. The number of nitrogens with zero attached hydrogens (tertiary/aromatic N) is 2. The van der Waals surface area contributed by atoms with Crippen molar-refractivity contribution >= 4 is 11.9 Å².